The fraction of sp³-hybridized carbons (Fsp3) is 0.182. The average Bonchev–Trinajstić information content (AvgIpc) is 3.12. The zero-order chi connectivity index (χ0) is 15.7. The summed E-state index contributed by atoms with van der Waals surface area (Å²) in [6, 6.07) is 13.9. The van der Waals surface area contributed by atoms with Gasteiger partial charge in [0.2, 0.25) is 0 Å². The molecule has 119 valence electrons. The summed E-state index contributed by atoms with van der Waals surface area (Å²) in [5.41, 5.74) is 11.7. The Morgan fingerprint density at radius 2 is 1.50 bits per heavy atom. The van der Waals surface area contributed by atoms with Crippen molar-refractivity contribution in [1.29, 1.82) is 0 Å². The number of fused-ring (bicyclic) bond motifs is 7. The first-order valence-electron chi connectivity index (χ1n) is 8.40. The summed E-state index contributed by atoms with van der Waals surface area (Å²) in [4.78, 5) is 0. The zero-order valence-corrected chi connectivity index (χ0v) is 19.0. The van der Waals surface area contributed by atoms with Crippen molar-refractivity contribution in [3.05, 3.63) is 70.3 Å². The number of hydrogen-bond acceptors (Lipinski definition) is 0. The molecule has 24 heavy (non-hydrogen) atoms. The Balaban J connectivity index is 0.00000146. The molecule has 0 saturated carbocycles. The van der Waals surface area contributed by atoms with Crippen LogP contribution in [0.4, 0.5) is 0 Å². The third-order valence-electron chi connectivity index (χ3n) is 5.73. The molecule has 0 heterocycles. The van der Waals surface area contributed by atoms with Gasteiger partial charge in [-0.2, -0.15) is 5.56 Å². The number of rotatable bonds is 0. The summed E-state index contributed by atoms with van der Waals surface area (Å²) in [7, 11) is 0. The molecule has 0 atom stereocenters. The molecule has 0 fully saturated rings. The van der Waals surface area contributed by atoms with Gasteiger partial charge in [0.05, 0.1) is 0 Å². The SMILES string of the molecule is CC1=[C-]Cc2ccc3ccc4c(c3c21)-c1c(cc[c]([AlH2])c1C)C4.[Bk]. The normalized spacial score (nSPS) is 14.0. The largest absolute Gasteiger partial charge is 0.269 e. The molecule has 0 amide bonds. The fourth-order valence-corrected chi connectivity index (χ4v) is 4.82. The van der Waals surface area contributed by atoms with Gasteiger partial charge in [0, 0.05) is 0 Å². The van der Waals surface area contributed by atoms with Crippen LogP contribution in [0.2, 0.25) is 0 Å². The van der Waals surface area contributed by atoms with Crippen LogP contribution in [0.5, 0.6) is 0 Å². The number of allylic oxidation sites excluding steroid dienone is 2. The topological polar surface area (TPSA) is 0 Å². The Morgan fingerprint density at radius 1 is 0.833 bits per heavy atom. The Bertz CT molecular complexity index is 1040. The van der Waals surface area contributed by atoms with Crippen molar-refractivity contribution in [3.63, 3.8) is 0 Å². The molecule has 0 nitrogen and oxygen atoms in total. The van der Waals surface area contributed by atoms with Crippen LogP contribution < -0.4 is 4.43 Å². The number of hydrogen-bond donors (Lipinski definition) is 0. The molecule has 0 aliphatic heterocycles. The fourth-order valence-electron chi connectivity index (χ4n) is 4.40. The van der Waals surface area contributed by atoms with Crippen LogP contribution in [0.3, 0.4) is 0 Å². The Morgan fingerprint density at radius 3 is 2.29 bits per heavy atom. The van der Waals surface area contributed by atoms with E-state index in [9.17, 15) is 0 Å². The Labute approximate surface area is 145 Å². The second kappa shape index (κ2) is 4.84. The third-order valence-corrected chi connectivity index (χ3v) is 6.81. The standard InChI is InChI=1S/C22H16.Al.Bk.2H/c1-13-4-3-5-17-12-18-11-10-16-9-8-15-7-6-14(2)19(15)21(16)22(18)20(13)17;;;;/h3,5,8-11H,7,12H2,1-2H3;;;;/q-1;;;;. The van der Waals surface area contributed by atoms with Crippen molar-refractivity contribution < 1.29 is 0 Å². The molecule has 1 radical (unpaired) electrons. The van der Waals surface area contributed by atoms with E-state index in [1.54, 1.807) is 0 Å². The maximum Gasteiger partial charge on any atom is 0.259 e. The molecule has 0 bridgehead atoms. The van der Waals surface area contributed by atoms with Crippen LogP contribution in [0.25, 0.3) is 27.5 Å². The monoisotopic (exact) mass is 556 g/mol. The van der Waals surface area contributed by atoms with Gasteiger partial charge in [0.1, 0.15) is 0 Å². The summed E-state index contributed by atoms with van der Waals surface area (Å²) in [6.07, 6.45) is 5.59. The van der Waals surface area contributed by atoms with Gasteiger partial charge in [-0.3, -0.25) is 6.08 Å². The number of benzene rings is 3. The predicted octanol–water partition coefficient (Wildman–Crippen LogP) is 3.74. The maximum absolute atomic E-state index is 3.54. The van der Waals surface area contributed by atoms with Gasteiger partial charge in [-0.25, -0.2) is 5.57 Å². The van der Waals surface area contributed by atoms with E-state index in [2.05, 4.69) is 56.3 Å². The first-order valence-corrected chi connectivity index (χ1v) is 9.40. The summed E-state index contributed by atoms with van der Waals surface area (Å²) in [6.45, 7) is 4.53. The smallest absolute Gasteiger partial charge is 0.259 e. The van der Waals surface area contributed by atoms with Crippen LogP contribution in [-0.4, -0.2) is 16.3 Å². The van der Waals surface area contributed by atoms with E-state index < -0.39 is 0 Å². The van der Waals surface area contributed by atoms with Crippen molar-refractivity contribution in [2.24, 2.45) is 0 Å². The molecule has 3 aromatic carbocycles. The van der Waals surface area contributed by atoms with Crippen LogP contribution in [0, 0.1) is 13.0 Å². The minimum Gasteiger partial charge on any atom is -0.269 e. The molecule has 5 rings (SSSR count). The molecular formula is C22H18AlBk-. The molecule has 0 unspecified atom stereocenters. The summed E-state index contributed by atoms with van der Waals surface area (Å²) in [5, 5.41) is 2.84. The van der Waals surface area contributed by atoms with E-state index in [0.29, 0.717) is 0 Å². The van der Waals surface area contributed by atoms with Crippen LogP contribution in [-0.2, 0) is 12.8 Å². The van der Waals surface area contributed by atoms with Gasteiger partial charge in [-0.05, 0) is 41.0 Å². The van der Waals surface area contributed by atoms with Gasteiger partial charge in [-0.1, -0.05) is 54.3 Å². The van der Waals surface area contributed by atoms with Crippen LogP contribution >= 0.6 is 0 Å². The summed E-state index contributed by atoms with van der Waals surface area (Å²) >= 11 is 1.12. The molecule has 3 aromatic rings. The van der Waals surface area contributed by atoms with Gasteiger partial charge >= 0.3 is 0 Å². The quantitative estimate of drug-likeness (QED) is 0.229. The summed E-state index contributed by atoms with van der Waals surface area (Å²) < 4.78 is 1.53. The molecule has 0 N–H and O–H groups in total. The molecule has 0 saturated heterocycles. The molecular weight excluding hydrogens is 538 g/mol. The van der Waals surface area contributed by atoms with Crippen molar-refractivity contribution in [1.82, 2.24) is 0 Å². The van der Waals surface area contributed by atoms with E-state index in [1.807, 2.05) is 0 Å². The van der Waals surface area contributed by atoms with Gasteiger partial charge in [0.25, 0.3) is 16.3 Å². The van der Waals surface area contributed by atoms with E-state index in [0.717, 1.165) is 29.1 Å². The van der Waals surface area contributed by atoms with Gasteiger partial charge in [-0.15, -0.1) is 16.4 Å². The van der Waals surface area contributed by atoms with Gasteiger partial charge in [0.15, 0.2) is 0 Å². The second-order valence-electron chi connectivity index (χ2n) is 6.99. The van der Waals surface area contributed by atoms with E-state index in [-0.39, 0.29) is 0 Å². The second-order valence-corrected chi connectivity index (χ2v) is 8.07. The van der Waals surface area contributed by atoms with Crippen molar-refractivity contribution >= 4 is 37.1 Å². The van der Waals surface area contributed by atoms with Crippen molar-refractivity contribution in [3.8, 4) is 11.1 Å². The van der Waals surface area contributed by atoms with E-state index >= 15 is 0 Å². The van der Waals surface area contributed by atoms with E-state index in [1.165, 1.54) is 59.7 Å². The molecule has 2 heteroatoms. The maximum atomic E-state index is 3.54. The van der Waals surface area contributed by atoms with Crippen molar-refractivity contribution in [2.75, 3.05) is 0 Å². The summed E-state index contributed by atoms with van der Waals surface area (Å²) in [5.74, 6) is 0. The predicted molar refractivity (Wildman–Crippen MR) is 101 cm³/mol. The van der Waals surface area contributed by atoms with Gasteiger partial charge < -0.3 is 0 Å². The van der Waals surface area contributed by atoms with E-state index in [4.69, 9.17) is 0 Å². The van der Waals surface area contributed by atoms with Crippen LogP contribution in [0.1, 0.15) is 34.7 Å². The van der Waals surface area contributed by atoms with Crippen LogP contribution in [0.15, 0.2) is 36.4 Å². The molecule has 2 aliphatic carbocycles. The first kappa shape index (κ1) is 14.8. The molecule has 0 aromatic heterocycles. The zero-order valence-electron chi connectivity index (χ0n) is 14.2. The Hall–Kier alpha value is -2.81. The third kappa shape index (κ3) is 1.70. The molecule has 0 spiro atoms. The Kier molecular flexibility index (Phi) is 2.98. The first-order chi connectivity index (χ1) is 11.1. The van der Waals surface area contributed by atoms with Crippen molar-refractivity contribution in [2.45, 2.75) is 26.7 Å². The minimum atomic E-state index is 0. The average molecular weight is 556 g/mol. The molecule has 2 aliphatic rings. The minimum absolute atomic E-state index is 0.